The molecule has 0 radical (unpaired) electrons. The molecule has 2 rings (SSSR count). The van der Waals surface area contributed by atoms with E-state index in [2.05, 4.69) is 10.1 Å². The van der Waals surface area contributed by atoms with Crippen molar-refractivity contribution >= 4 is 34.5 Å². The average Bonchev–Trinajstić information content (AvgIpc) is 2.74. The summed E-state index contributed by atoms with van der Waals surface area (Å²) in [5.74, 6) is -1.81. The topological polar surface area (TPSA) is 72.5 Å². The first-order valence-corrected chi connectivity index (χ1v) is 6.48. The Balaban J connectivity index is 2.28. The molecule has 0 unspecified atom stereocenters. The molecule has 0 atom stereocenters. The number of fused-ring (bicyclic) bond motifs is 1. The lowest BCUT2D eigenvalue weighted by atomic mass is 9.96. The predicted molar refractivity (Wildman–Crippen MR) is 67.0 cm³/mol. The van der Waals surface area contributed by atoms with Gasteiger partial charge in [0.05, 0.1) is 12.7 Å². The Morgan fingerprint density at radius 2 is 2.06 bits per heavy atom. The molecule has 6 heteroatoms. The van der Waals surface area contributed by atoms with E-state index in [0.29, 0.717) is 10.6 Å². The Labute approximate surface area is 108 Å². The first-order valence-electron chi connectivity index (χ1n) is 5.66. The summed E-state index contributed by atoms with van der Waals surface area (Å²) < 4.78 is 4.33. The zero-order valence-corrected chi connectivity index (χ0v) is 10.8. The SMILES string of the molecule is COC(=O)C(=O)Nc1sc2c(c1C=O)CCCC2. The molecular formula is C12H13NO4S. The Hall–Kier alpha value is -1.69. The number of amides is 1. The number of aldehydes is 1. The number of rotatable bonds is 2. The second kappa shape index (κ2) is 5.30. The highest BCUT2D eigenvalue weighted by atomic mass is 32.1. The van der Waals surface area contributed by atoms with Crippen molar-refractivity contribution < 1.29 is 19.1 Å². The number of nitrogens with one attached hydrogen (secondary N) is 1. The van der Waals surface area contributed by atoms with E-state index >= 15 is 0 Å². The molecule has 0 saturated carbocycles. The molecule has 1 aromatic heterocycles. The molecule has 0 aromatic carbocycles. The Bertz CT molecular complexity index is 506. The molecule has 0 spiro atoms. The fourth-order valence-electron chi connectivity index (χ4n) is 2.05. The van der Waals surface area contributed by atoms with Crippen LogP contribution >= 0.6 is 11.3 Å². The van der Waals surface area contributed by atoms with Gasteiger partial charge < -0.3 is 10.1 Å². The van der Waals surface area contributed by atoms with Gasteiger partial charge in [0.1, 0.15) is 5.00 Å². The smallest absolute Gasteiger partial charge is 0.396 e. The molecule has 1 heterocycles. The van der Waals surface area contributed by atoms with Gasteiger partial charge in [-0.3, -0.25) is 9.59 Å². The van der Waals surface area contributed by atoms with Gasteiger partial charge >= 0.3 is 11.9 Å². The van der Waals surface area contributed by atoms with Crippen LogP contribution in [0.25, 0.3) is 0 Å². The minimum atomic E-state index is -0.960. The fourth-order valence-corrected chi connectivity index (χ4v) is 3.31. The van der Waals surface area contributed by atoms with Crippen molar-refractivity contribution in [3.63, 3.8) is 0 Å². The molecule has 0 fully saturated rings. The van der Waals surface area contributed by atoms with Gasteiger partial charge in [0, 0.05) is 4.88 Å². The number of esters is 1. The van der Waals surface area contributed by atoms with Crippen LogP contribution in [0, 0.1) is 0 Å². The zero-order valence-electron chi connectivity index (χ0n) is 9.95. The molecule has 0 bridgehead atoms. The van der Waals surface area contributed by atoms with Crippen molar-refractivity contribution in [1.29, 1.82) is 0 Å². The molecule has 18 heavy (non-hydrogen) atoms. The second-order valence-corrected chi connectivity index (χ2v) is 5.12. The minimum absolute atomic E-state index is 0.451. The summed E-state index contributed by atoms with van der Waals surface area (Å²) in [5, 5.41) is 2.89. The van der Waals surface area contributed by atoms with Crippen LogP contribution < -0.4 is 5.32 Å². The number of hydrogen-bond acceptors (Lipinski definition) is 5. The number of methoxy groups -OCH3 is 1. The van der Waals surface area contributed by atoms with Crippen molar-refractivity contribution in [1.82, 2.24) is 0 Å². The number of thiophene rings is 1. The average molecular weight is 267 g/mol. The maximum atomic E-state index is 11.4. The van der Waals surface area contributed by atoms with Crippen molar-refractivity contribution in [3.8, 4) is 0 Å². The quantitative estimate of drug-likeness (QED) is 0.501. The molecule has 1 aromatic rings. The largest absolute Gasteiger partial charge is 0.462 e. The zero-order chi connectivity index (χ0) is 13.1. The third-order valence-electron chi connectivity index (χ3n) is 2.93. The third-order valence-corrected chi connectivity index (χ3v) is 4.15. The van der Waals surface area contributed by atoms with Crippen LogP contribution in [0.15, 0.2) is 0 Å². The molecule has 96 valence electrons. The summed E-state index contributed by atoms with van der Waals surface area (Å²) in [7, 11) is 1.14. The van der Waals surface area contributed by atoms with Crippen LogP contribution in [-0.2, 0) is 27.2 Å². The molecule has 5 nitrogen and oxygen atoms in total. The highest BCUT2D eigenvalue weighted by molar-refractivity contribution is 7.17. The van der Waals surface area contributed by atoms with E-state index in [1.807, 2.05) is 0 Å². The highest BCUT2D eigenvalue weighted by Crippen LogP contribution is 2.37. The van der Waals surface area contributed by atoms with Crippen LogP contribution in [0.1, 0.15) is 33.6 Å². The molecule has 1 aliphatic carbocycles. The van der Waals surface area contributed by atoms with Crippen LogP contribution in [0.2, 0.25) is 0 Å². The van der Waals surface area contributed by atoms with Gasteiger partial charge in [0.25, 0.3) is 0 Å². The van der Waals surface area contributed by atoms with Crippen LogP contribution in [0.4, 0.5) is 5.00 Å². The Morgan fingerprint density at radius 1 is 1.33 bits per heavy atom. The fraction of sp³-hybridized carbons (Fsp3) is 0.417. The first-order chi connectivity index (χ1) is 8.67. The summed E-state index contributed by atoms with van der Waals surface area (Å²) in [6.45, 7) is 0. The van der Waals surface area contributed by atoms with Crippen LogP contribution in [0.5, 0.6) is 0 Å². The van der Waals surface area contributed by atoms with Gasteiger partial charge in [-0.15, -0.1) is 11.3 Å². The van der Waals surface area contributed by atoms with Crippen molar-refractivity contribution in [3.05, 3.63) is 16.0 Å². The Morgan fingerprint density at radius 3 is 2.72 bits per heavy atom. The maximum absolute atomic E-state index is 11.4. The van der Waals surface area contributed by atoms with Gasteiger partial charge in [-0.25, -0.2) is 4.79 Å². The van der Waals surface area contributed by atoms with E-state index in [0.717, 1.165) is 49.5 Å². The lowest BCUT2D eigenvalue weighted by Gasteiger charge is -2.10. The van der Waals surface area contributed by atoms with Gasteiger partial charge in [0.15, 0.2) is 6.29 Å². The molecular weight excluding hydrogens is 254 g/mol. The van der Waals surface area contributed by atoms with E-state index in [1.54, 1.807) is 0 Å². The van der Waals surface area contributed by atoms with E-state index < -0.39 is 11.9 Å². The summed E-state index contributed by atoms with van der Waals surface area (Å²) in [6, 6.07) is 0. The number of aryl methyl sites for hydroxylation is 1. The number of carbonyl (C=O) groups is 3. The van der Waals surface area contributed by atoms with E-state index in [-0.39, 0.29) is 0 Å². The van der Waals surface area contributed by atoms with Crippen molar-refractivity contribution in [2.24, 2.45) is 0 Å². The molecule has 1 N–H and O–H groups in total. The summed E-state index contributed by atoms with van der Waals surface area (Å²) in [4.78, 5) is 34.7. The molecule has 0 saturated heterocycles. The molecule has 1 aliphatic rings. The first kappa shape index (κ1) is 12.8. The molecule has 0 aliphatic heterocycles. The lowest BCUT2D eigenvalue weighted by Crippen LogP contribution is -2.23. The summed E-state index contributed by atoms with van der Waals surface area (Å²) in [5.41, 5.74) is 1.52. The van der Waals surface area contributed by atoms with Crippen LogP contribution in [-0.4, -0.2) is 25.3 Å². The standard InChI is InChI=1S/C12H13NO4S/c1-17-12(16)10(15)13-11-8(6-14)7-4-2-3-5-9(7)18-11/h6H,2-5H2,1H3,(H,13,15). The normalized spacial score (nSPS) is 13.6. The van der Waals surface area contributed by atoms with E-state index in [9.17, 15) is 14.4 Å². The van der Waals surface area contributed by atoms with Gasteiger partial charge in [-0.1, -0.05) is 0 Å². The predicted octanol–water partition coefficient (Wildman–Crippen LogP) is 1.55. The van der Waals surface area contributed by atoms with E-state index in [4.69, 9.17) is 0 Å². The monoisotopic (exact) mass is 267 g/mol. The van der Waals surface area contributed by atoms with E-state index in [1.165, 1.54) is 11.3 Å². The minimum Gasteiger partial charge on any atom is -0.462 e. The maximum Gasteiger partial charge on any atom is 0.396 e. The molecule has 1 amide bonds. The van der Waals surface area contributed by atoms with Gasteiger partial charge in [-0.05, 0) is 31.2 Å². The number of hydrogen-bond donors (Lipinski definition) is 1. The van der Waals surface area contributed by atoms with Crippen LogP contribution in [0.3, 0.4) is 0 Å². The summed E-state index contributed by atoms with van der Waals surface area (Å²) >= 11 is 1.37. The second-order valence-electron chi connectivity index (χ2n) is 4.02. The van der Waals surface area contributed by atoms with Crippen molar-refractivity contribution in [2.45, 2.75) is 25.7 Å². The third kappa shape index (κ3) is 2.28. The van der Waals surface area contributed by atoms with Gasteiger partial charge in [0.2, 0.25) is 0 Å². The lowest BCUT2D eigenvalue weighted by molar-refractivity contribution is -0.150. The number of carbonyl (C=O) groups excluding carboxylic acids is 3. The van der Waals surface area contributed by atoms with Crippen molar-refractivity contribution in [2.75, 3.05) is 12.4 Å². The van der Waals surface area contributed by atoms with Gasteiger partial charge in [-0.2, -0.15) is 0 Å². The summed E-state index contributed by atoms with van der Waals surface area (Å²) in [6.07, 6.45) is 4.67. The number of anilines is 1. The highest BCUT2D eigenvalue weighted by Gasteiger charge is 2.23. The number of ether oxygens (including phenoxy) is 1. The Kier molecular flexibility index (Phi) is 3.76.